The highest BCUT2D eigenvalue weighted by Crippen LogP contribution is 2.16. The van der Waals surface area contributed by atoms with Gasteiger partial charge in [0.15, 0.2) is 0 Å². The van der Waals surface area contributed by atoms with Gasteiger partial charge in [0.25, 0.3) is 5.91 Å². The summed E-state index contributed by atoms with van der Waals surface area (Å²) in [6.07, 6.45) is 5.08. The van der Waals surface area contributed by atoms with Crippen molar-refractivity contribution in [2.75, 3.05) is 19.8 Å². The molecule has 1 aliphatic rings. The van der Waals surface area contributed by atoms with Crippen molar-refractivity contribution in [2.45, 2.75) is 12.8 Å². The third-order valence-corrected chi connectivity index (χ3v) is 3.18. The maximum atomic E-state index is 11.8. The molecule has 17 heavy (non-hydrogen) atoms. The minimum Gasteiger partial charge on any atom is -0.381 e. The zero-order valence-electron chi connectivity index (χ0n) is 9.49. The molecule has 0 radical (unpaired) electrons. The van der Waals surface area contributed by atoms with Crippen molar-refractivity contribution in [2.24, 2.45) is 5.92 Å². The quantitative estimate of drug-likeness (QED) is 0.893. The molecule has 1 saturated heterocycles. The maximum absolute atomic E-state index is 11.8. The molecule has 2 heterocycles. The van der Waals surface area contributed by atoms with Crippen LogP contribution in [0.2, 0.25) is 5.02 Å². The Bertz CT molecular complexity index is 392. The molecule has 0 aliphatic carbocycles. The number of carbonyl (C=O) groups excluding carboxylic acids is 1. The summed E-state index contributed by atoms with van der Waals surface area (Å²) < 4.78 is 5.28. The number of pyridine rings is 1. The molecular weight excluding hydrogens is 240 g/mol. The molecule has 0 aromatic carbocycles. The van der Waals surface area contributed by atoms with Crippen LogP contribution in [-0.4, -0.2) is 30.6 Å². The van der Waals surface area contributed by atoms with Gasteiger partial charge in [-0.2, -0.15) is 0 Å². The van der Waals surface area contributed by atoms with Gasteiger partial charge in [-0.1, -0.05) is 11.6 Å². The molecule has 1 N–H and O–H groups in total. The Kier molecular flexibility index (Phi) is 4.34. The van der Waals surface area contributed by atoms with Gasteiger partial charge in [-0.15, -0.1) is 0 Å². The molecule has 5 heteroatoms. The summed E-state index contributed by atoms with van der Waals surface area (Å²) in [6, 6.07) is 1.62. The molecule has 1 fully saturated rings. The summed E-state index contributed by atoms with van der Waals surface area (Å²) >= 11 is 5.88. The van der Waals surface area contributed by atoms with Gasteiger partial charge in [-0.05, 0) is 24.8 Å². The fourth-order valence-electron chi connectivity index (χ4n) is 1.86. The monoisotopic (exact) mass is 254 g/mol. The average molecular weight is 255 g/mol. The predicted molar refractivity (Wildman–Crippen MR) is 65.1 cm³/mol. The van der Waals surface area contributed by atoms with Crippen molar-refractivity contribution < 1.29 is 9.53 Å². The zero-order chi connectivity index (χ0) is 12.1. The van der Waals surface area contributed by atoms with Crippen molar-refractivity contribution in [3.63, 3.8) is 0 Å². The number of rotatable bonds is 4. The number of hydrogen-bond donors (Lipinski definition) is 1. The topological polar surface area (TPSA) is 51.2 Å². The summed E-state index contributed by atoms with van der Waals surface area (Å²) in [5, 5.41) is 3.24. The van der Waals surface area contributed by atoms with Gasteiger partial charge in [-0.25, -0.2) is 0 Å². The third kappa shape index (κ3) is 3.41. The predicted octanol–water partition coefficient (Wildman–Crippen LogP) is 1.89. The van der Waals surface area contributed by atoms with E-state index in [0.29, 0.717) is 23.0 Å². The minimum absolute atomic E-state index is 0.142. The molecule has 4 nitrogen and oxygen atoms in total. The first-order valence-electron chi connectivity index (χ1n) is 5.73. The number of aromatic nitrogens is 1. The van der Waals surface area contributed by atoms with Crippen LogP contribution in [0.5, 0.6) is 0 Å². The molecule has 0 unspecified atom stereocenters. The van der Waals surface area contributed by atoms with E-state index in [4.69, 9.17) is 16.3 Å². The summed E-state index contributed by atoms with van der Waals surface area (Å²) in [5.74, 6) is 0.430. The van der Waals surface area contributed by atoms with E-state index in [1.807, 2.05) is 0 Å². The lowest BCUT2D eigenvalue weighted by Gasteiger charge is -2.09. The molecule has 0 bridgehead atoms. The second-order valence-electron chi connectivity index (χ2n) is 4.13. The summed E-state index contributed by atoms with van der Waals surface area (Å²) in [7, 11) is 0. The average Bonchev–Trinajstić information content (AvgIpc) is 2.82. The van der Waals surface area contributed by atoms with E-state index in [1.165, 1.54) is 6.20 Å². The number of carbonyl (C=O) groups is 1. The van der Waals surface area contributed by atoms with E-state index >= 15 is 0 Å². The molecule has 92 valence electrons. The molecule has 0 saturated carbocycles. The molecule has 1 aliphatic heterocycles. The van der Waals surface area contributed by atoms with Crippen LogP contribution in [0.25, 0.3) is 0 Å². The Balaban J connectivity index is 1.79. The molecule has 1 aromatic rings. The molecule has 1 atom stereocenters. The smallest absolute Gasteiger partial charge is 0.252 e. The van der Waals surface area contributed by atoms with E-state index in [9.17, 15) is 4.79 Å². The van der Waals surface area contributed by atoms with Crippen molar-refractivity contribution in [3.8, 4) is 0 Å². The Morgan fingerprint density at radius 2 is 2.53 bits per heavy atom. The minimum atomic E-state index is -0.142. The SMILES string of the molecule is O=C(NCC[C@@H]1CCOC1)c1ccncc1Cl. The van der Waals surface area contributed by atoms with Crippen LogP contribution >= 0.6 is 11.6 Å². The van der Waals surface area contributed by atoms with Gasteiger partial charge >= 0.3 is 0 Å². The molecule has 1 aromatic heterocycles. The van der Waals surface area contributed by atoms with Gasteiger partial charge in [-0.3, -0.25) is 9.78 Å². The lowest BCUT2D eigenvalue weighted by Crippen LogP contribution is -2.26. The number of halogens is 1. The Morgan fingerprint density at radius 3 is 3.24 bits per heavy atom. The molecule has 1 amide bonds. The van der Waals surface area contributed by atoms with Crippen LogP contribution < -0.4 is 5.32 Å². The van der Waals surface area contributed by atoms with Crippen molar-refractivity contribution in [1.29, 1.82) is 0 Å². The first-order chi connectivity index (χ1) is 8.27. The largest absolute Gasteiger partial charge is 0.381 e. The van der Waals surface area contributed by atoms with Crippen molar-refractivity contribution in [3.05, 3.63) is 29.0 Å². The second kappa shape index (κ2) is 5.98. The number of nitrogens with zero attached hydrogens (tertiary/aromatic N) is 1. The van der Waals surface area contributed by atoms with Crippen molar-refractivity contribution in [1.82, 2.24) is 10.3 Å². The molecular formula is C12H15ClN2O2. The van der Waals surface area contributed by atoms with E-state index < -0.39 is 0 Å². The number of ether oxygens (including phenoxy) is 1. The lowest BCUT2D eigenvalue weighted by molar-refractivity contribution is 0.0950. The number of hydrogen-bond acceptors (Lipinski definition) is 3. The Labute approximate surface area is 105 Å². The van der Waals surface area contributed by atoms with Crippen LogP contribution in [0.15, 0.2) is 18.5 Å². The summed E-state index contributed by atoms with van der Waals surface area (Å²) in [6.45, 7) is 2.31. The van der Waals surface area contributed by atoms with Gasteiger partial charge in [0.05, 0.1) is 10.6 Å². The normalized spacial score (nSPS) is 19.2. The number of amides is 1. The molecule has 0 spiro atoms. The van der Waals surface area contributed by atoms with Gasteiger partial charge in [0.2, 0.25) is 0 Å². The standard InChI is InChI=1S/C12H15ClN2O2/c13-11-7-14-4-2-10(11)12(16)15-5-1-9-3-6-17-8-9/h2,4,7,9H,1,3,5-6,8H2,(H,15,16)/t9-/m1/s1. The first-order valence-corrected chi connectivity index (χ1v) is 6.10. The van der Waals surface area contributed by atoms with E-state index in [2.05, 4.69) is 10.3 Å². The van der Waals surface area contributed by atoms with Gasteiger partial charge < -0.3 is 10.1 Å². The van der Waals surface area contributed by atoms with Gasteiger partial charge in [0, 0.05) is 32.2 Å². The fourth-order valence-corrected chi connectivity index (χ4v) is 2.06. The van der Waals surface area contributed by atoms with Gasteiger partial charge in [0.1, 0.15) is 0 Å². The van der Waals surface area contributed by atoms with Crippen LogP contribution in [0, 0.1) is 5.92 Å². The van der Waals surface area contributed by atoms with Crippen LogP contribution in [0.3, 0.4) is 0 Å². The lowest BCUT2D eigenvalue weighted by atomic mass is 10.1. The van der Waals surface area contributed by atoms with Crippen molar-refractivity contribution >= 4 is 17.5 Å². The van der Waals surface area contributed by atoms with Crippen LogP contribution in [-0.2, 0) is 4.74 Å². The summed E-state index contributed by atoms with van der Waals surface area (Å²) in [4.78, 5) is 15.6. The van der Waals surface area contributed by atoms with E-state index in [0.717, 1.165) is 26.1 Å². The van der Waals surface area contributed by atoms with E-state index in [1.54, 1.807) is 12.3 Å². The van der Waals surface area contributed by atoms with Crippen LogP contribution in [0.1, 0.15) is 23.2 Å². The Morgan fingerprint density at radius 1 is 1.65 bits per heavy atom. The van der Waals surface area contributed by atoms with Crippen LogP contribution in [0.4, 0.5) is 0 Å². The Hall–Kier alpha value is -1.13. The second-order valence-corrected chi connectivity index (χ2v) is 4.54. The molecule has 2 rings (SSSR count). The highest BCUT2D eigenvalue weighted by Gasteiger charge is 2.16. The highest BCUT2D eigenvalue weighted by molar-refractivity contribution is 6.33. The van der Waals surface area contributed by atoms with E-state index in [-0.39, 0.29) is 5.91 Å². The first kappa shape index (κ1) is 12.3. The third-order valence-electron chi connectivity index (χ3n) is 2.88. The maximum Gasteiger partial charge on any atom is 0.252 e. The highest BCUT2D eigenvalue weighted by atomic mass is 35.5. The summed E-state index contributed by atoms with van der Waals surface area (Å²) in [5.41, 5.74) is 0.476. The fraction of sp³-hybridized carbons (Fsp3) is 0.500. The number of nitrogens with one attached hydrogen (secondary N) is 1. The zero-order valence-corrected chi connectivity index (χ0v) is 10.2.